The minimum absolute atomic E-state index is 0.119. The number of likely N-dealkylation sites (tertiary alicyclic amines) is 1. The topological polar surface area (TPSA) is 55.8 Å². The standard InChI is InChI=1S/C22H25NO4/c1-26-14-9-7-12(8-10-14)22-18-16-11-15(19(24)20(16)27-22)17(18)21(25)23(22)13-5-3-2-4-6-13/h7-10,13,15-18,20H,2-6,11H2,1H3. The van der Waals surface area contributed by atoms with Crippen molar-refractivity contribution < 1.29 is 19.1 Å². The van der Waals surface area contributed by atoms with Gasteiger partial charge in [-0.2, -0.15) is 0 Å². The Morgan fingerprint density at radius 2 is 1.85 bits per heavy atom. The highest BCUT2D eigenvalue weighted by Crippen LogP contribution is 2.70. The van der Waals surface area contributed by atoms with Gasteiger partial charge in [0.15, 0.2) is 11.5 Å². The molecule has 5 heteroatoms. The van der Waals surface area contributed by atoms with E-state index < -0.39 is 5.72 Å². The molecule has 0 N–H and O–H groups in total. The summed E-state index contributed by atoms with van der Waals surface area (Å²) < 4.78 is 12.0. The minimum atomic E-state index is -0.758. The Balaban J connectivity index is 1.52. The molecule has 27 heavy (non-hydrogen) atoms. The van der Waals surface area contributed by atoms with E-state index in [1.54, 1.807) is 7.11 Å². The van der Waals surface area contributed by atoms with E-state index in [1.807, 2.05) is 24.3 Å². The van der Waals surface area contributed by atoms with Crippen molar-refractivity contribution in [2.24, 2.45) is 23.7 Å². The summed E-state index contributed by atoms with van der Waals surface area (Å²) in [5.41, 5.74) is 0.254. The van der Waals surface area contributed by atoms with Crippen LogP contribution < -0.4 is 4.74 Å². The highest BCUT2D eigenvalue weighted by atomic mass is 16.5. The summed E-state index contributed by atoms with van der Waals surface area (Å²) in [6.07, 6.45) is 6.17. The van der Waals surface area contributed by atoms with Crippen LogP contribution in [0, 0.1) is 23.7 Å². The van der Waals surface area contributed by atoms with Gasteiger partial charge in [-0.15, -0.1) is 0 Å². The molecule has 6 atom stereocenters. The predicted octanol–water partition coefficient (Wildman–Crippen LogP) is 2.87. The SMILES string of the molecule is COc1ccc(C23OC4C(=O)C5CC4C2C5C(=O)N3C2CCCCC2)cc1. The van der Waals surface area contributed by atoms with Crippen LogP contribution in [0.2, 0.25) is 0 Å². The predicted molar refractivity (Wildman–Crippen MR) is 96.8 cm³/mol. The molecule has 1 amide bonds. The second kappa shape index (κ2) is 5.34. The molecule has 0 spiro atoms. The molecule has 2 heterocycles. The summed E-state index contributed by atoms with van der Waals surface area (Å²) in [5, 5.41) is 0. The highest BCUT2D eigenvalue weighted by Gasteiger charge is 2.79. The molecule has 0 aromatic heterocycles. The lowest BCUT2D eigenvalue weighted by Crippen LogP contribution is -2.53. The van der Waals surface area contributed by atoms with Crippen LogP contribution in [-0.2, 0) is 20.1 Å². The number of fused-ring (bicyclic) bond motifs is 2. The van der Waals surface area contributed by atoms with Gasteiger partial charge in [0.05, 0.1) is 13.0 Å². The van der Waals surface area contributed by atoms with Crippen LogP contribution in [0.5, 0.6) is 5.75 Å². The first-order valence-corrected chi connectivity index (χ1v) is 10.4. The molecule has 5 fully saturated rings. The number of benzene rings is 1. The minimum Gasteiger partial charge on any atom is -0.497 e. The zero-order valence-electron chi connectivity index (χ0n) is 15.6. The maximum Gasteiger partial charge on any atom is 0.229 e. The molecule has 2 saturated heterocycles. The Labute approximate surface area is 159 Å². The number of nitrogens with zero attached hydrogens (tertiary/aromatic N) is 1. The van der Waals surface area contributed by atoms with Gasteiger partial charge in [0, 0.05) is 29.4 Å². The number of carbonyl (C=O) groups is 2. The van der Waals surface area contributed by atoms with E-state index in [0.29, 0.717) is 0 Å². The molecule has 1 aromatic carbocycles. The molecule has 0 radical (unpaired) electrons. The third kappa shape index (κ3) is 1.79. The number of hydrogen-bond acceptors (Lipinski definition) is 4. The second-order valence-corrected chi connectivity index (χ2v) is 8.92. The van der Waals surface area contributed by atoms with Crippen molar-refractivity contribution in [1.82, 2.24) is 4.90 Å². The number of ketones is 1. The zero-order chi connectivity index (χ0) is 18.3. The number of hydrogen-bond donors (Lipinski definition) is 0. The summed E-state index contributed by atoms with van der Waals surface area (Å²) in [6, 6.07) is 8.18. The van der Waals surface area contributed by atoms with Crippen LogP contribution in [0.3, 0.4) is 0 Å². The van der Waals surface area contributed by atoms with Crippen molar-refractivity contribution in [1.29, 1.82) is 0 Å². The van der Waals surface area contributed by atoms with E-state index in [4.69, 9.17) is 9.47 Å². The van der Waals surface area contributed by atoms with Crippen molar-refractivity contribution in [3.8, 4) is 5.75 Å². The molecule has 1 aromatic rings. The molecule has 142 valence electrons. The van der Waals surface area contributed by atoms with Crippen molar-refractivity contribution in [2.45, 2.75) is 56.4 Å². The molecule has 5 aliphatic rings. The summed E-state index contributed by atoms with van der Waals surface area (Å²) in [4.78, 5) is 28.5. The Hall–Kier alpha value is -1.88. The fourth-order valence-corrected chi connectivity index (χ4v) is 6.97. The average Bonchev–Trinajstić information content (AvgIpc) is 3.38. The van der Waals surface area contributed by atoms with E-state index in [9.17, 15) is 9.59 Å². The maximum atomic E-state index is 13.6. The Kier molecular flexibility index (Phi) is 3.19. The first-order valence-electron chi connectivity index (χ1n) is 10.4. The zero-order valence-corrected chi connectivity index (χ0v) is 15.6. The van der Waals surface area contributed by atoms with Crippen molar-refractivity contribution in [2.75, 3.05) is 7.11 Å². The quantitative estimate of drug-likeness (QED) is 0.824. The lowest BCUT2D eigenvalue weighted by Gasteiger charge is -2.44. The van der Waals surface area contributed by atoms with Gasteiger partial charge in [-0.05, 0) is 31.4 Å². The molecule has 2 aliphatic heterocycles. The summed E-state index contributed by atoms with van der Waals surface area (Å²) in [6.45, 7) is 0. The van der Waals surface area contributed by atoms with Gasteiger partial charge in [-0.25, -0.2) is 0 Å². The Morgan fingerprint density at radius 3 is 2.56 bits per heavy atom. The van der Waals surface area contributed by atoms with Crippen LogP contribution in [0.1, 0.15) is 44.1 Å². The Bertz CT molecular complexity index is 814. The molecule has 5 nitrogen and oxygen atoms in total. The van der Waals surface area contributed by atoms with Crippen LogP contribution in [0.4, 0.5) is 0 Å². The van der Waals surface area contributed by atoms with E-state index >= 15 is 0 Å². The van der Waals surface area contributed by atoms with E-state index in [2.05, 4.69) is 4.90 Å². The van der Waals surface area contributed by atoms with Crippen LogP contribution in [0.15, 0.2) is 24.3 Å². The van der Waals surface area contributed by atoms with Crippen molar-refractivity contribution in [3.05, 3.63) is 29.8 Å². The summed E-state index contributed by atoms with van der Waals surface area (Å²) >= 11 is 0. The second-order valence-electron chi connectivity index (χ2n) is 8.92. The number of amides is 1. The molecular weight excluding hydrogens is 342 g/mol. The third-order valence-electron chi connectivity index (χ3n) is 7.92. The molecular formula is C22H25NO4. The van der Waals surface area contributed by atoms with Gasteiger partial charge < -0.3 is 14.4 Å². The van der Waals surface area contributed by atoms with Crippen LogP contribution in [0.25, 0.3) is 0 Å². The number of Topliss-reactive ketones (excluding diaryl/α,β-unsaturated/α-hetero) is 1. The molecule has 6 rings (SSSR count). The smallest absolute Gasteiger partial charge is 0.229 e. The van der Waals surface area contributed by atoms with Crippen molar-refractivity contribution in [3.63, 3.8) is 0 Å². The summed E-state index contributed by atoms with van der Waals surface area (Å²) in [5.74, 6) is 1.16. The van der Waals surface area contributed by atoms with Crippen molar-refractivity contribution >= 4 is 11.7 Å². The molecule has 3 aliphatic carbocycles. The van der Waals surface area contributed by atoms with Gasteiger partial charge in [-0.1, -0.05) is 31.4 Å². The normalized spacial score (nSPS) is 42.4. The van der Waals surface area contributed by atoms with Gasteiger partial charge in [0.1, 0.15) is 11.9 Å². The summed E-state index contributed by atoms with van der Waals surface area (Å²) in [7, 11) is 1.66. The van der Waals surface area contributed by atoms with Gasteiger partial charge in [-0.3, -0.25) is 9.59 Å². The van der Waals surface area contributed by atoms with Crippen LogP contribution >= 0.6 is 0 Å². The van der Waals surface area contributed by atoms with Crippen LogP contribution in [-0.4, -0.2) is 35.8 Å². The van der Waals surface area contributed by atoms with Gasteiger partial charge in [0.25, 0.3) is 0 Å². The number of rotatable bonds is 3. The maximum absolute atomic E-state index is 13.6. The van der Waals surface area contributed by atoms with Gasteiger partial charge in [0.2, 0.25) is 5.91 Å². The number of carbonyl (C=O) groups excluding carboxylic acids is 2. The lowest BCUT2D eigenvalue weighted by molar-refractivity contribution is -0.184. The van der Waals surface area contributed by atoms with E-state index in [-0.39, 0.29) is 47.5 Å². The molecule has 2 bridgehead atoms. The first-order chi connectivity index (χ1) is 13.2. The monoisotopic (exact) mass is 367 g/mol. The van der Waals surface area contributed by atoms with E-state index in [1.165, 1.54) is 6.42 Å². The lowest BCUT2D eigenvalue weighted by atomic mass is 9.76. The fourth-order valence-electron chi connectivity index (χ4n) is 6.97. The largest absolute Gasteiger partial charge is 0.497 e. The molecule has 6 unspecified atom stereocenters. The van der Waals surface area contributed by atoms with E-state index in [0.717, 1.165) is 43.4 Å². The molecule has 3 saturated carbocycles. The van der Waals surface area contributed by atoms with Gasteiger partial charge >= 0.3 is 0 Å². The third-order valence-corrected chi connectivity index (χ3v) is 7.92. The first kappa shape index (κ1) is 16.1. The highest BCUT2D eigenvalue weighted by molar-refractivity contribution is 5.98. The average molecular weight is 367 g/mol. The fraction of sp³-hybridized carbons (Fsp3) is 0.636. The Morgan fingerprint density at radius 1 is 1.11 bits per heavy atom. The number of methoxy groups -OCH3 is 1. The number of ether oxygens (including phenoxy) is 2.